The number of azo groups is 1. The van der Waals surface area contributed by atoms with Crippen LogP contribution in [-0.4, -0.2) is 61.0 Å². The van der Waals surface area contributed by atoms with E-state index in [4.69, 9.17) is 15.2 Å². The molecule has 32 heavy (non-hydrogen) atoms. The zero-order valence-corrected chi connectivity index (χ0v) is 18.1. The van der Waals surface area contributed by atoms with Crippen molar-refractivity contribution in [2.75, 3.05) is 39.1 Å². The molecule has 11 nitrogen and oxygen atoms in total. The van der Waals surface area contributed by atoms with Gasteiger partial charge in [-0.3, -0.25) is 0 Å². The fourth-order valence-corrected chi connectivity index (χ4v) is 4.72. The van der Waals surface area contributed by atoms with Gasteiger partial charge in [0.25, 0.3) is 0 Å². The van der Waals surface area contributed by atoms with Crippen LogP contribution >= 0.6 is 0 Å². The summed E-state index contributed by atoms with van der Waals surface area (Å²) in [5.41, 5.74) is 6.47. The molecule has 0 radical (unpaired) electrons. The maximum atomic E-state index is 13.2. The Hall–Kier alpha value is -3.48. The van der Waals surface area contributed by atoms with Crippen LogP contribution in [0.2, 0.25) is 0 Å². The first kappa shape index (κ1) is 21.7. The number of nitrogens with two attached hydrogens (primary N) is 1. The molecule has 0 atom stereocenters. The van der Waals surface area contributed by atoms with Gasteiger partial charge in [-0.05, 0) is 24.3 Å². The van der Waals surface area contributed by atoms with Crippen LogP contribution < -0.4 is 10.5 Å². The molecule has 0 saturated carbocycles. The first-order valence-electron chi connectivity index (χ1n) is 9.72. The van der Waals surface area contributed by atoms with Crippen LogP contribution in [0, 0.1) is 0 Å². The van der Waals surface area contributed by atoms with Crippen molar-refractivity contribution in [3.8, 4) is 17.3 Å². The number of ether oxygens (including phenoxy) is 2. The Morgan fingerprint density at radius 3 is 2.53 bits per heavy atom. The monoisotopic (exact) mass is 458 g/mol. The third-order valence-corrected chi connectivity index (χ3v) is 6.82. The van der Waals surface area contributed by atoms with Crippen LogP contribution in [0.3, 0.4) is 0 Å². The maximum Gasteiger partial charge on any atom is 0.245 e. The Labute approximate surface area is 184 Å². The number of sulfonamides is 1. The van der Waals surface area contributed by atoms with E-state index < -0.39 is 10.0 Å². The molecule has 3 N–H and O–H groups in total. The molecule has 2 heterocycles. The lowest BCUT2D eigenvalue weighted by Crippen LogP contribution is -2.40. The molecule has 1 saturated heterocycles. The summed E-state index contributed by atoms with van der Waals surface area (Å²) in [5, 5.41) is 22.8. The third-order valence-electron chi connectivity index (χ3n) is 4.88. The molecule has 0 aliphatic carbocycles. The molecule has 0 amide bonds. The van der Waals surface area contributed by atoms with Crippen molar-refractivity contribution in [1.29, 1.82) is 0 Å². The second-order valence-electron chi connectivity index (χ2n) is 6.85. The summed E-state index contributed by atoms with van der Waals surface area (Å²) < 4.78 is 39.4. The predicted molar refractivity (Wildman–Crippen MR) is 116 cm³/mol. The van der Waals surface area contributed by atoms with Gasteiger partial charge in [0.2, 0.25) is 15.9 Å². The molecule has 0 spiro atoms. The van der Waals surface area contributed by atoms with Crippen LogP contribution in [0.1, 0.15) is 0 Å². The van der Waals surface area contributed by atoms with E-state index in [9.17, 15) is 13.5 Å². The summed E-state index contributed by atoms with van der Waals surface area (Å²) in [4.78, 5) is -0.0440. The number of hydrogen-bond donors (Lipinski definition) is 2. The number of morpholine rings is 1. The second kappa shape index (κ2) is 8.94. The Balaban J connectivity index is 1.74. The van der Waals surface area contributed by atoms with E-state index in [1.54, 1.807) is 24.3 Å². The van der Waals surface area contributed by atoms with Crippen molar-refractivity contribution in [2.45, 2.75) is 4.90 Å². The third kappa shape index (κ3) is 4.15. The van der Waals surface area contributed by atoms with Gasteiger partial charge in [0, 0.05) is 19.2 Å². The van der Waals surface area contributed by atoms with Gasteiger partial charge in [0.05, 0.1) is 26.0 Å². The van der Waals surface area contributed by atoms with Crippen molar-refractivity contribution >= 4 is 27.2 Å². The van der Waals surface area contributed by atoms with Gasteiger partial charge in [-0.2, -0.15) is 8.99 Å². The highest BCUT2D eigenvalue weighted by atomic mass is 32.2. The van der Waals surface area contributed by atoms with Gasteiger partial charge in [-0.1, -0.05) is 18.2 Å². The molecule has 4 rings (SSSR count). The Morgan fingerprint density at radius 1 is 1.12 bits per heavy atom. The van der Waals surface area contributed by atoms with Crippen LogP contribution in [0.15, 0.2) is 63.7 Å². The number of anilines is 1. The molecular weight excluding hydrogens is 436 g/mol. The normalized spacial score (nSPS) is 15.3. The number of methoxy groups -OCH3 is 1. The summed E-state index contributed by atoms with van der Waals surface area (Å²) >= 11 is 0. The number of benzene rings is 2. The minimum absolute atomic E-state index is 0.0436. The lowest BCUT2D eigenvalue weighted by Gasteiger charge is -2.26. The minimum Gasteiger partial charge on any atom is -0.497 e. The first-order valence-corrected chi connectivity index (χ1v) is 11.2. The minimum atomic E-state index is -3.85. The maximum absolute atomic E-state index is 13.2. The van der Waals surface area contributed by atoms with Crippen molar-refractivity contribution < 1.29 is 23.0 Å². The number of rotatable bonds is 6. The summed E-state index contributed by atoms with van der Waals surface area (Å²) in [6.45, 7) is 1.11. The van der Waals surface area contributed by atoms with E-state index in [1.807, 2.05) is 6.07 Å². The van der Waals surface area contributed by atoms with Crippen LogP contribution in [-0.2, 0) is 14.8 Å². The Kier molecular flexibility index (Phi) is 6.08. The standard InChI is InChI=1S/C20H22N6O5S/c1-30-15-7-8-17(32(28,29)25-9-11-31-12-10-25)16(13-15)22-23-18-19(21)24-26(20(18)27)14-5-3-2-4-6-14/h2-8,13,27H,9-12H2,1H3,(H2,21,24)/b23-22+. The smallest absolute Gasteiger partial charge is 0.245 e. The zero-order valence-electron chi connectivity index (χ0n) is 17.2. The van der Waals surface area contributed by atoms with E-state index in [1.165, 1.54) is 34.3 Å². The number of aromatic nitrogens is 2. The van der Waals surface area contributed by atoms with Crippen molar-refractivity contribution in [3.63, 3.8) is 0 Å². The fraction of sp³-hybridized carbons (Fsp3) is 0.250. The van der Waals surface area contributed by atoms with Gasteiger partial charge in [-0.15, -0.1) is 15.3 Å². The Morgan fingerprint density at radius 2 is 1.84 bits per heavy atom. The van der Waals surface area contributed by atoms with Crippen LogP contribution in [0.5, 0.6) is 11.6 Å². The second-order valence-corrected chi connectivity index (χ2v) is 8.76. The SMILES string of the molecule is COc1ccc(S(=O)(=O)N2CCOCC2)c(/N=N/c2c(N)nn(-c3ccccc3)c2O)c1. The highest BCUT2D eigenvalue weighted by Gasteiger charge is 2.29. The van der Waals surface area contributed by atoms with Gasteiger partial charge in [-0.25, -0.2) is 8.42 Å². The van der Waals surface area contributed by atoms with E-state index in [0.717, 1.165) is 0 Å². The van der Waals surface area contributed by atoms with Crippen LogP contribution in [0.25, 0.3) is 5.69 Å². The van der Waals surface area contributed by atoms with E-state index in [2.05, 4.69) is 15.3 Å². The van der Waals surface area contributed by atoms with Gasteiger partial charge >= 0.3 is 0 Å². The number of nitrogen functional groups attached to an aromatic ring is 1. The summed E-state index contributed by atoms with van der Waals surface area (Å²) in [7, 11) is -2.39. The van der Waals surface area contributed by atoms with Gasteiger partial charge in [0.1, 0.15) is 16.3 Å². The lowest BCUT2D eigenvalue weighted by molar-refractivity contribution is 0.0730. The summed E-state index contributed by atoms with van der Waals surface area (Å²) in [5.74, 6) is 0.0190. The molecule has 0 unspecified atom stereocenters. The molecule has 1 aliphatic heterocycles. The number of para-hydroxylation sites is 1. The summed E-state index contributed by atoms with van der Waals surface area (Å²) in [6.07, 6.45) is 0. The van der Waals surface area contributed by atoms with Crippen molar-refractivity contribution in [3.05, 3.63) is 48.5 Å². The summed E-state index contributed by atoms with van der Waals surface area (Å²) in [6, 6.07) is 13.3. The topological polar surface area (TPSA) is 145 Å². The molecule has 168 valence electrons. The fourth-order valence-electron chi connectivity index (χ4n) is 3.21. The zero-order chi connectivity index (χ0) is 22.7. The molecule has 3 aromatic rings. The van der Waals surface area contributed by atoms with Crippen molar-refractivity contribution in [2.24, 2.45) is 10.2 Å². The molecule has 1 fully saturated rings. The highest BCUT2D eigenvalue weighted by molar-refractivity contribution is 7.89. The lowest BCUT2D eigenvalue weighted by atomic mass is 10.3. The molecule has 0 bridgehead atoms. The molecule has 2 aromatic carbocycles. The average Bonchev–Trinajstić information content (AvgIpc) is 3.11. The molecule has 1 aromatic heterocycles. The molecule has 12 heteroatoms. The van der Waals surface area contributed by atoms with E-state index in [0.29, 0.717) is 24.7 Å². The number of hydrogen-bond acceptors (Lipinski definition) is 9. The average molecular weight is 459 g/mol. The van der Waals surface area contributed by atoms with Crippen molar-refractivity contribution in [1.82, 2.24) is 14.1 Å². The number of aromatic hydroxyl groups is 1. The van der Waals surface area contributed by atoms with Gasteiger partial charge in [0.15, 0.2) is 11.5 Å². The largest absolute Gasteiger partial charge is 0.497 e. The van der Waals surface area contributed by atoms with Gasteiger partial charge < -0.3 is 20.3 Å². The number of nitrogens with zero attached hydrogens (tertiary/aromatic N) is 5. The predicted octanol–water partition coefficient (Wildman–Crippen LogP) is 2.61. The molecular formula is C20H22N6O5S. The van der Waals surface area contributed by atoms with E-state index in [-0.39, 0.29) is 41.1 Å². The van der Waals surface area contributed by atoms with Crippen LogP contribution in [0.4, 0.5) is 17.2 Å². The van der Waals surface area contributed by atoms with E-state index >= 15 is 0 Å². The Bertz CT molecular complexity index is 1240. The first-order chi connectivity index (χ1) is 15.4. The quantitative estimate of drug-likeness (QED) is 0.540. The highest BCUT2D eigenvalue weighted by Crippen LogP contribution is 2.38. The molecule has 1 aliphatic rings.